The van der Waals surface area contributed by atoms with Gasteiger partial charge >= 0.3 is 0 Å². The molecule has 4 nitrogen and oxygen atoms in total. The van der Waals surface area contributed by atoms with Gasteiger partial charge in [-0.05, 0) is 63.7 Å². The third kappa shape index (κ3) is 4.91. The number of allylic oxidation sites excluding steroid dienone is 4. The maximum absolute atomic E-state index is 5.98. The largest absolute Gasteiger partial charge is 0.326 e. The molecule has 8 rings (SSSR count). The first-order chi connectivity index (χ1) is 23.8. The van der Waals surface area contributed by atoms with Crippen LogP contribution in [0.3, 0.4) is 0 Å². The van der Waals surface area contributed by atoms with Crippen molar-refractivity contribution in [1.82, 2.24) is 4.57 Å². The van der Waals surface area contributed by atoms with E-state index >= 15 is 0 Å². The molecule has 2 aliphatic rings. The number of benzene rings is 5. The summed E-state index contributed by atoms with van der Waals surface area (Å²) in [6.45, 7) is 0.509. The molecule has 0 spiro atoms. The van der Waals surface area contributed by atoms with E-state index in [9.17, 15) is 0 Å². The van der Waals surface area contributed by atoms with Crippen molar-refractivity contribution in [2.45, 2.75) is 12.1 Å². The molecule has 0 saturated carbocycles. The number of rotatable bonds is 8. The lowest BCUT2D eigenvalue weighted by molar-refractivity contribution is 0.520. The van der Waals surface area contributed by atoms with Gasteiger partial charge in [0.1, 0.15) is 5.54 Å². The second-order valence-electron chi connectivity index (χ2n) is 11.9. The second-order valence-corrected chi connectivity index (χ2v) is 11.9. The topological polar surface area (TPSA) is 55.7 Å². The summed E-state index contributed by atoms with van der Waals surface area (Å²) in [7, 11) is 0. The van der Waals surface area contributed by atoms with E-state index < -0.39 is 5.54 Å². The van der Waals surface area contributed by atoms with Crippen molar-refractivity contribution in [2.24, 2.45) is 15.7 Å². The molecule has 48 heavy (non-hydrogen) atoms. The molecule has 0 fully saturated rings. The fraction of sp³-hybridized carbons (Fsp3) is 0.0455. The summed E-state index contributed by atoms with van der Waals surface area (Å²) >= 11 is 0. The molecule has 2 aliphatic heterocycles. The van der Waals surface area contributed by atoms with Crippen molar-refractivity contribution in [3.63, 3.8) is 0 Å². The molecule has 0 bridgehead atoms. The van der Waals surface area contributed by atoms with Gasteiger partial charge in [0.2, 0.25) is 0 Å². The summed E-state index contributed by atoms with van der Waals surface area (Å²) in [5.74, 6) is 0. The number of nitrogens with two attached hydrogens (primary N) is 1. The minimum absolute atomic E-state index is 0.509. The Morgan fingerprint density at radius 2 is 1.12 bits per heavy atom. The van der Waals surface area contributed by atoms with Gasteiger partial charge < -0.3 is 10.3 Å². The first-order valence-electron chi connectivity index (χ1n) is 16.3. The predicted octanol–water partition coefficient (Wildman–Crippen LogP) is 9.33. The van der Waals surface area contributed by atoms with Crippen LogP contribution in [0.1, 0.15) is 27.9 Å². The van der Waals surface area contributed by atoms with Gasteiger partial charge in [0.15, 0.2) is 0 Å². The van der Waals surface area contributed by atoms with Crippen LogP contribution in [0.4, 0.5) is 0 Å². The molecule has 0 radical (unpaired) electrons. The summed E-state index contributed by atoms with van der Waals surface area (Å²) in [5, 5.41) is 0. The fourth-order valence-corrected chi connectivity index (χ4v) is 7.10. The lowest BCUT2D eigenvalue weighted by Crippen LogP contribution is -2.40. The van der Waals surface area contributed by atoms with Crippen molar-refractivity contribution < 1.29 is 0 Å². The van der Waals surface area contributed by atoms with E-state index in [1.807, 2.05) is 24.6 Å². The molecule has 230 valence electrons. The zero-order chi connectivity index (χ0) is 32.3. The van der Waals surface area contributed by atoms with Gasteiger partial charge in [-0.1, -0.05) is 140 Å². The average Bonchev–Trinajstić information content (AvgIpc) is 3.96. The van der Waals surface area contributed by atoms with Crippen LogP contribution in [0, 0.1) is 0 Å². The zero-order valence-electron chi connectivity index (χ0n) is 26.4. The Morgan fingerprint density at radius 3 is 1.69 bits per heavy atom. The summed E-state index contributed by atoms with van der Waals surface area (Å²) in [4.78, 5) is 9.72. The number of aromatic nitrogens is 1. The maximum Gasteiger partial charge on any atom is 0.121 e. The van der Waals surface area contributed by atoms with E-state index in [1.54, 1.807) is 0 Å². The molecular formula is C44H34N4. The summed E-state index contributed by atoms with van der Waals surface area (Å²) in [5.41, 5.74) is 18.0. The Labute approximate surface area is 281 Å². The molecule has 6 aromatic rings. The Kier molecular flexibility index (Phi) is 7.69. The highest BCUT2D eigenvalue weighted by molar-refractivity contribution is 6.17. The standard InChI is InChI=1S/C44H34N4/c45-31-32-22-24-33(25-23-32)37-19-10-11-20-38(37)41-26-27-42(43-39(28-30-47-43)40-21-12-29-46-40)48(41)44(34-13-4-1-5-14-34,35-15-6-2-7-16-35)36-17-8-3-9-18-36/h1-30H,31,45H2. The average molecular weight is 619 g/mol. The van der Waals surface area contributed by atoms with Crippen molar-refractivity contribution in [3.05, 3.63) is 215 Å². The monoisotopic (exact) mass is 618 g/mol. The van der Waals surface area contributed by atoms with Gasteiger partial charge in [-0.15, -0.1) is 0 Å². The van der Waals surface area contributed by atoms with Gasteiger partial charge in [0.25, 0.3) is 0 Å². The van der Waals surface area contributed by atoms with Crippen molar-refractivity contribution in [1.29, 1.82) is 0 Å². The Balaban J connectivity index is 1.51. The first kappa shape index (κ1) is 29.3. The molecule has 4 heteroatoms. The van der Waals surface area contributed by atoms with E-state index in [-0.39, 0.29) is 0 Å². The fourth-order valence-electron chi connectivity index (χ4n) is 7.10. The van der Waals surface area contributed by atoms with Crippen molar-refractivity contribution in [3.8, 4) is 22.4 Å². The van der Waals surface area contributed by atoms with Crippen LogP contribution in [0.5, 0.6) is 0 Å². The third-order valence-corrected chi connectivity index (χ3v) is 9.27. The first-order valence-corrected chi connectivity index (χ1v) is 16.3. The molecule has 1 aromatic heterocycles. The van der Waals surface area contributed by atoms with Crippen LogP contribution < -0.4 is 5.73 Å². The number of hydrogen-bond acceptors (Lipinski definition) is 3. The zero-order valence-corrected chi connectivity index (χ0v) is 26.4. The van der Waals surface area contributed by atoms with Crippen LogP contribution in [-0.4, -0.2) is 16.5 Å². The predicted molar refractivity (Wildman–Crippen MR) is 198 cm³/mol. The lowest BCUT2D eigenvalue weighted by atomic mass is 9.76. The van der Waals surface area contributed by atoms with Gasteiger partial charge in [0, 0.05) is 30.1 Å². The minimum Gasteiger partial charge on any atom is -0.326 e. The molecule has 0 aliphatic carbocycles. The van der Waals surface area contributed by atoms with E-state index in [1.165, 1.54) is 0 Å². The second kappa shape index (κ2) is 12.6. The van der Waals surface area contributed by atoms with Crippen LogP contribution >= 0.6 is 0 Å². The highest BCUT2D eigenvalue weighted by atomic mass is 15.1. The molecule has 3 heterocycles. The quantitative estimate of drug-likeness (QED) is 0.170. The van der Waals surface area contributed by atoms with E-state index in [4.69, 9.17) is 10.7 Å². The number of hydrogen-bond donors (Lipinski definition) is 1. The van der Waals surface area contributed by atoms with Crippen molar-refractivity contribution >= 4 is 11.9 Å². The van der Waals surface area contributed by atoms with Gasteiger partial charge in [0.05, 0.1) is 22.8 Å². The summed E-state index contributed by atoms with van der Waals surface area (Å²) in [6, 6.07) is 54.2. The number of aliphatic imine (C=N–C) groups is 2. The van der Waals surface area contributed by atoms with E-state index in [2.05, 4.69) is 167 Å². The van der Waals surface area contributed by atoms with Gasteiger partial charge in [-0.2, -0.15) is 0 Å². The van der Waals surface area contributed by atoms with Crippen LogP contribution in [-0.2, 0) is 12.1 Å². The van der Waals surface area contributed by atoms with Gasteiger partial charge in [-0.25, -0.2) is 0 Å². The molecule has 0 amide bonds. The lowest BCUT2D eigenvalue weighted by Gasteiger charge is -2.41. The smallest absolute Gasteiger partial charge is 0.121 e. The molecule has 0 saturated heterocycles. The van der Waals surface area contributed by atoms with Crippen LogP contribution in [0.25, 0.3) is 22.4 Å². The highest BCUT2D eigenvalue weighted by Gasteiger charge is 2.42. The van der Waals surface area contributed by atoms with Crippen LogP contribution in [0.2, 0.25) is 0 Å². The Morgan fingerprint density at radius 1 is 0.562 bits per heavy atom. The SMILES string of the molecule is NCc1ccc(-c2ccccc2-c2ccc(C3=NC=CC3=C3C=CC=N3)n2C(c2ccccc2)(c2ccccc2)c2ccccc2)cc1. The van der Waals surface area contributed by atoms with E-state index in [0.29, 0.717) is 6.54 Å². The minimum atomic E-state index is -0.774. The van der Waals surface area contributed by atoms with Crippen molar-refractivity contribution in [2.75, 3.05) is 0 Å². The van der Waals surface area contributed by atoms with Crippen LogP contribution in [0.15, 0.2) is 197 Å². The highest BCUT2D eigenvalue weighted by Crippen LogP contribution is 2.47. The molecule has 0 unspecified atom stereocenters. The molecular weight excluding hydrogens is 585 g/mol. The Bertz CT molecular complexity index is 2120. The van der Waals surface area contributed by atoms with E-state index in [0.717, 1.165) is 67.3 Å². The summed E-state index contributed by atoms with van der Waals surface area (Å²) in [6.07, 6.45) is 9.82. The number of nitrogens with zero attached hydrogens (tertiary/aromatic N) is 3. The normalized spacial score (nSPS) is 15.3. The van der Waals surface area contributed by atoms with Gasteiger partial charge in [-0.3, -0.25) is 9.98 Å². The molecule has 0 atom stereocenters. The molecule has 5 aromatic carbocycles. The molecule has 2 N–H and O–H groups in total. The summed E-state index contributed by atoms with van der Waals surface area (Å²) < 4.78 is 2.51. The third-order valence-electron chi connectivity index (χ3n) is 9.27. The maximum atomic E-state index is 5.98. The Hall–Kier alpha value is -6.10.